The zero-order valence-electron chi connectivity index (χ0n) is 22.7. The number of fused-ring (bicyclic) bond motifs is 1. The van der Waals surface area contributed by atoms with Gasteiger partial charge in [-0.25, -0.2) is 0 Å². The van der Waals surface area contributed by atoms with Gasteiger partial charge in [-0.2, -0.15) is 0 Å². The molecular weight excluding hydrogens is 571 g/mol. The SMILES string of the molecule is CCCCC(NC(=O)C(CCC(=O)O)NC(=O)COc1ccc(Cl)c(Cl)c1)C(=O)NCCc1c[nH]c2ccccc12. The molecule has 10 nitrogen and oxygen atoms in total. The second-order valence-electron chi connectivity index (χ2n) is 9.52. The van der Waals surface area contributed by atoms with E-state index < -0.39 is 36.5 Å². The van der Waals surface area contributed by atoms with Crippen molar-refractivity contribution in [1.29, 1.82) is 0 Å². The van der Waals surface area contributed by atoms with Crippen molar-refractivity contribution in [3.8, 4) is 5.75 Å². The highest BCUT2D eigenvalue weighted by molar-refractivity contribution is 6.42. The molecule has 0 saturated carbocycles. The average Bonchev–Trinajstić information content (AvgIpc) is 3.36. The Balaban J connectivity index is 1.59. The van der Waals surface area contributed by atoms with Crippen molar-refractivity contribution >= 4 is 57.8 Å². The van der Waals surface area contributed by atoms with Crippen molar-refractivity contribution in [3.05, 3.63) is 64.3 Å². The van der Waals surface area contributed by atoms with Crippen LogP contribution in [0.3, 0.4) is 0 Å². The van der Waals surface area contributed by atoms with Gasteiger partial charge in [0.05, 0.1) is 10.0 Å². The van der Waals surface area contributed by atoms with E-state index in [-0.39, 0.29) is 23.8 Å². The van der Waals surface area contributed by atoms with E-state index in [2.05, 4.69) is 20.9 Å². The van der Waals surface area contributed by atoms with E-state index >= 15 is 0 Å². The average molecular weight is 606 g/mol. The van der Waals surface area contributed by atoms with Gasteiger partial charge >= 0.3 is 5.97 Å². The smallest absolute Gasteiger partial charge is 0.303 e. The largest absolute Gasteiger partial charge is 0.484 e. The summed E-state index contributed by atoms with van der Waals surface area (Å²) >= 11 is 11.8. The van der Waals surface area contributed by atoms with Gasteiger partial charge in [-0.1, -0.05) is 61.2 Å². The summed E-state index contributed by atoms with van der Waals surface area (Å²) < 4.78 is 5.41. The van der Waals surface area contributed by atoms with Crippen molar-refractivity contribution in [3.63, 3.8) is 0 Å². The molecule has 2 atom stereocenters. The molecule has 0 aliphatic heterocycles. The molecule has 220 valence electrons. The van der Waals surface area contributed by atoms with Crippen LogP contribution in [0.1, 0.15) is 44.6 Å². The normalized spacial score (nSPS) is 12.4. The van der Waals surface area contributed by atoms with Crippen LogP contribution in [0.4, 0.5) is 0 Å². The van der Waals surface area contributed by atoms with Gasteiger partial charge in [-0.05, 0) is 43.0 Å². The van der Waals surface area contributed by atoms with Gasteiger partial charge in [0.25, 0.3) is 5.91 Å². The quantitative estimate of drug-likeness (QED) is 0.165. The van der Waals surface area contributed by atoms with E-state index in [0.717, 1.165) is 22.9 Å². The summed E-state index contributed by atoms with van der Waals surface area (Å²) in [5.74, 6) is -2.47. The Morgan fingerprint density at radius 3 is 2.46 bits per heavy atom. The van der Waals surface area contributed by atoms with E-state index in [9.17, 15) is 19.2 Å². The number of halogens is 2. The lowest BCUT2D eigenvalue weighted by molar-refractivity contribution is -0.138. The predicted octanol–water partition coefficient (Wildman–Crippen LogP) is 4.24. The highest BCUT2D eigenvalue weighted by Crippen LogP contribution is 2.26. The van der Waals surface area contributed by atoms with Crippen LogP contribution in [0.2, 0.25) is 10.0 Å². The van der Waals surface area contributed by atoms with E-state index in [1.54, 1.807) is 0 Å². The van der Waals surface area contributed by atoms with Gasteiger partial charge in [0, 0.05) is 36.1 Å². The number of rotatable bonds is 16. The first-order valence-corrected chi connectivity index (χ1v) is 14.2. The minimum absolute atomic E-state index is 0.164. The summed E-state index contributed by atoms with van der Waals surface area (Å²) in [6.45, 7) is 1.89. The molecule has 1 heterocycles. The molecule has 0 saturated heterocycles. The third kappa shape index (κ3) is 9.98. The highest BCUT2D eigenvalue weighted by atomic mass is 35.5. The minimum atomic E-state index is -1.18. The number of benzene rings is 2. The van der Waals surface area contributed by atoms with Gasteiger partial charge in [-0.15, -0.1) is 0 Å². The van der Waals surface area contributed by atoms with E-state index in [0.29, 0.717) is 36.6 Å². The molecule has 0 bridgehead atoms. The Morgan fingerprint density at radius 2 is 1.73 bits per heavy atom. The molecule has 0 spiro atoms. The third-order valence-electron chi connectivity index (χ3n) is 6.41. The van der Waals surface area contributed by atoms with E-state index in [1.807, 2.05) is 37.4 Å². The first-order chi connectivity index (χ1) is 19.7. The summed E-state index contributed by atoms with van der Waals surface area (Å²) in [6.07, 6.45) is 3.87. The zero-order chi connectivity index (χ0) is 29.8. The van der Waals surface area contributed by atoms with Crippen molar-refractivity contribution in [2.45, 2.75) is 57.5 Å². The predicted molar refractivity (Wildman–Crippen MR) is 157 cm³/mol. The maximum atomic E-state index is 13.2. The molecule has 5 N–H and O–H groups in total. The second-order valence-corrected chi connectivity index (χ2v) is 10.3. The van der Waals surface area contributed by atoms with Crippen LogP contribution in [-0.4, -0.2) is 59.0 Å². The number of aliphatic carboxylic acids is 1. The molecule has 41 heavy (non-hydrogen) atoms. The number of amides is 3. The number of hydrogen-bond donors (Lipinski definition) is 5. The fourth-order valence-corrected chi connectivity index (χ4v) is 4.51. The molecule has 1 aromatic heterocycles. The fraction of sp³-hybridized carbons (Fsp3) is 0.379. The van der Waals surface area contributed by atoms with Crippen LogP contribution in [0, 0.1) is 0 Å². The number of carbonyl (C=O) groups excluding carboxylic acids is 3. The lowest BCUT2D eigenvalue weighted by atomic mass is 10.1. The number of carboxylic acid groups (broad SMARTS) is 1. The van der Waals surface area contributed by atoms with Crippen LogP contribution in [0.25, 0.3) is 10.9 Å². The molecule has 0 aliphatic rings. The summed E-state index contributed by atoms with van der Waals surface area (Å²) in [4.78, 5) is 53.2. The second kappa shape index (κ2) is 15.9. The number of aromatic nitrogens is 1. The zero-order valence-corrected chi connectivity index (χ0v) is 24.2. The van der Waals surface area contributed by atoms with Crippen molar-refractivity contribution in [2.24, 2.45) is 0 Å². The number of carbonyl (C=O) groups is 4. The monoisotopic (exact) mass is 604 g/mol. The van der Waals surface area contributed by atoms with Gasteiger partial charge in [0.2, 0.25) is 11.8 Å². The molecule has 3 aromatic rings. The first-order valence-electron chi connectivity index (χ1n) is 13.4. The minimum Gasteiger partial charge on any atom is -0.484 e. The number of aromatic amines is 1. The van der Waals surface area contributed by atoms with Crippen LogP contribution < -0.4 is 20.7 Å². The number of carboxylic acids is 1. The summed E-state index contributed by atoms with van der Waals surface area (Å²) in [5.41, 5.74) is 2.08. The van der Waals surface area contributed by atoms with Crippen LogP contribution >= 0.6 is 23.2 Å². The van der Waals surface area contributed by atoms with Crippen LogP contribution in [-0.2, 0) is 25.6 Å². The maximum absolute atomic E-state index is 13.2. The molecule has 0 radical (unpaired) electrons. The standard InChI is InChI=1S/C29H34Cl2N4O6/c1-2-3-7-24(28(39)32-14-13-18-16-33-23-8-5-4-6-20(18)23)35-29(40)25(11-12-27(37)38)34-26(36)17-41-19-9-10-21(30)22(31)15-19/h4-6,8-10,15-16,24-25,33H,2-3,7,11-14,17H2,1H3,(H,32,39)(H,34,36)(H,35,40)(H,37,38). The summed E-state index contributed by atoms with van der Waals surface area (Å²) in [7, 11) is 0. The van der Waals surface area contributed by atoms with Gasteiger partial charge in [-0.3, -0.25) is 19.2 Å². The first kappa shape index (κ1) is 31.8. The highest BCUT2D eigenvalue weighted by Gasteiger charge is 2.27. The molecule has 12 heteroatoms. The molecule has 2 aromatic carbocycles. The number of ether oxygens (including phenoxy) is 1. The number of hydrogen-bond acceptors (Lipinski definition) is 5. The Kier molecular flexibility index (Phi) is 12.3. The van der Waals surface area contributed by atoms with Gasteiger partial charge in [0.15, 0.2) is 6.61 Å². The van der Waals surface area contributed by atoms with Crippen molar-refractivity contribution < 1.29 is 29.0 Å². The lowest BCUT2D eigenvalue weighted by Crippen LogP contribution is -2.54. The van der Waals surface area contributed by atoms with E-state index in [1.165, 1.54) is 18.2 Å². The summed E-state index contributed by atoms with van der Waals surface area (Å²) in [6, 6.07) is 10.4. The lowest BCUT2D eigenvalue weighted by Gasteiger charge is -2.23. The molecule has 0 fully saturated rings. The van der Waals surface area contributed by atoms with Gasteiger partial charge < -0.3 is 30.8 Å². The Hall–Kier alpha value is -3.76. The summed E-state index contributed by atoms with van der Waals surface area (Å²) in [5, 5.41) is 18.9. The Labute approximate surface area is 248 Å². The van der Waals surface area contributed by atoms with Crippen LogP contribution in [0.15, 0.2) is 48.7 Å². The fourth-order valence-electron chi connectivity index (χ4n) is 4.22. The molecule has 0 aliphatic carbocycles. The molecule has 3 rings (SSSR count). The van der Waals surface area contributed by atoms with E-state index in [4.69, 9.17) is 33.0 Å². The molecule has 3 amide bonds. The Morgan fingerprint density at radius 1 is 0.976 bits per heavy atom. The van der Waals surface area contributed by atoms with Crippen LogP contribution in [0.5, 0.6) is 5.75 Å². The number of unbranched alkanes of at least 4 members (excludes halogenated alkanes) is 1. The topological polar surface area (TPSA) is 150 Å². The third-order valence-corrected chi connectivity index (χ3v) is 7.15. The maximum Gasteiger partial charge on any atom is 0.303 e. The number of nitrogens with one attached hydrogen (secondary N) is 4. The Bertz CT molecular complexity index is 1360. The number of para-hydroxylation sites is 1. The van der Waals surface area contributed by atoms with Gasteiger partial charge in [0.1, 0.15) is 17.8 Å². The van der Waals surface area contributed by atoms with Crippen molar-refractivity contribution in [1.82, 2.24) is 20.9 Å². The van der Waals surface area contributed by atoms with Crippen molar-refractivity contribution in [2.75, 3.05) is 13.2 Å². The molecular formula is C29H34Cl2N4O6. The molecule has 2 unspecified atom stereocenters. The number of H-pyrrole nitrogens is 1.